The molecule has 1 heterocycles. The largest absolute Gasteiger partial charge is 0.428 e. The van der Waals surface area contributed by atoms with Crippen molar-refractivity contribution in [1.29, 1.82) is 0 Å². The number of fused-ring (bicyclic) bond motifs is 3. The van der Waals surface area contributed by atoms with Crippen molar-refractivity contribution in [2.24, 2.45) is 0 Å². The van der Waals surface area contributed by atoms with Crippen LogP contribution in [0.2, 0.25) is 0 Å². The summed E-state index contributed by atoms with van der Waals surface area (Å²) in [4.78, 5) is 10.5. The molecular weight excluding hydrogens is 220 g/mol. The fourth-order valence-corrected chi connectivity index (χ4v) is 1.78. The van der Waals surface area contributed by atoms with Crippen molar-refractivity contribution >= 4 is 28.3 Å². The Hall–Kier alpha value is -2.63. The van der Waals surface area contributed by atoms with Gasteiger partial charge >= 0.3 is 0 Å². The van der Waals surface area contributed by atoms with Crippen molar-refractivity contribution in [3.05, 3.63) is 30.3 Å². The molecule has 17 heavy (non-hydrogen) atoms. The Balaban J connectivity index is 2.49. The molecule has 0 unspecified atom stereocenters. The maximum atomic E-state index is 10.5. The van der Waals surface area contributed by atoms with Crippen molar-refractivity contribution in [2.45, 2.75) is 0 Å². The second-order valence-electron chi connectivity index (χ2n) is 3.38. The first-order valence-corrected chi connectivity index (χ1v) is 4.88. The van der Waals surface area contributed by atoms with Gasteiger partial charge in [0.05, 0.1) is 5.39 Å². The molecule has 6 heteroatoms. The van der Waals surface area contributed by atoms with E-state index in [2.05, 4.69) is 20.6 Å². The van der Waals surface area contributed by atoms with Gasteiger partial charge in [0.1, 0.15) is 16.8 Å². The first kappa shape index (κ1) is 9.59. The molecule has 0 saturated heterocycles. The second-order valence-corrected chi connectivity index (χ2v) is 3.38. The van der Waals surface area contributed by atoms with Gasteiger partial charge < -0.3 is 4.74 Å². The van der Waals surface area contributed by atoms with Crippen LogP contribution in [0.1, 0.15) is 0 Å². The van der Waals surface area contributed by atoms with E-state index in [0.29, 0.717) is 28.6 Å². The Labute approximate surface area is 95.2 Å². The van der Waals surface area contributed by atoms with Crippen LogP contribution in [-0.2, 0) is 4.79 Å². The highest BCUT2D eigenvalue weighted by atomic mass is 16.5. The van der Waals surface area contributed by atoms with Gasteiger partial charge in [0.15, 0.2) is 0 Å². The minimum atomic E-state index is 0.385. The minimum Gasteiger partial charge on any atom is -0.428 e. The number of hydrogen-bond donors (Lipinski definition) is 0. The molecule has 0 fully saturated rings. The van der Waals surface area contributed by atoms with Gasteiger partial charge in [0, 0.05) is 0 Å². The quantitative estimate of drug-likeness (QED) is 0.481. The van der Waals surface area contributed by atoms with Crippen LogP contribution in [0.15, 0.2) is 30.3 Å². The molecule has 6 nitrogen and oxygen atoms in total. The second kappa shape index (κ2) is 3.75. The molecule has 3 rings (SSSR count). The number of carbonyl (C=O) groups is 1. The van der Waals surface area contributed by atoms with Gasteiger partial charge in [-0.25, -0.2) is 0 Å². The molecule has 0 saturated carbocycles. The van der Waals surface area contributed by atoms with Gasteiger partial charge in [-0.3, -0.25) is 4.79 Å². The van der Waals surface area contributed by atoms with Gasteiger partial charge in [0.25, 0.3) is 6.47 Å². The summed E-state index contributed by atoms with van der Waals surface area (Å²) in [7, 11) is 0. The summed E-state index contributed by atoms with van der Waals surface area (Å²) in [5.74, 6) is 0.436. The molecule has 0 spiro atoms. The number of hydrogen-bond acceptors (Lipinski definition) is 6. The third-order valence-electron chi connectivity index (χ3n) is 2.47. The monoisotopic (exact) mass is 226 g/mol. The van der Waals surface area contributed by atoms with E-state index < -0.39 is 0 Å². The Kier molecular flexibility index (Phi) is 2.11. The van der Waals surface area contributed by atoms with E-state index >= 15 is 0 Å². The van der Waals surface area contributed by atoms with E-state index in [1.54, 1.807) is 18.2 Å². The number of ether oxygens (including phenoxy) is 1. The van der Waals surface area contributed by atoms with E-state index in [1.807, 2.05) is 12.1 Å². The predicted octanol–water partition coefficient (Wildman–Crippen LogP) is 1.11. The summed E-state index contributed by atoms with van der Waals surface area (Å²) in [6.45, 7) is 0.385. The Morgan fingerprint density at radius 1 is 1.06 bits per heavy atom. The van der Waals surface area contributed by atoms with E-state index in [4.69, 9.17) is 4.74 Å². The molecule has 0 aliphatic carbocycles. The fourth-order valence-electron chi connectivity index (χ4n) is 1.78. The maximum Gasteiger partial charge on any atom is 0.298 e. The zero-order chi connectivity index (χ0) is 11.7. The van der Waals surface area contributed by atoms with Crippen LogP contribution in [0.3, 0.4) is 0 Å². The van der Waals surface area contributed by atoms with Crippen LogP contribution < -0.4 is 4.74 Å². The van der Waals surface area contributed by atoms with Crippen LogP contribution >= 0.6 is 0 Å². The molecule has 0 atom stereocenters. The minimum absolute atomic E-state index is 0.385. The lowest BCUT2D eigenvalue weighted by Crippen LogP contribution is -1.95. The highest BCUT2D eigenvalue weighted by molar-refractivity contribution is 6.07. The Bertz CT molecular complexity index is 714. The summed E-state index contributed by atoms with van der Waals surface area (Å²) in [5, 5.41) is 16.4. The van der Waals surface area contributed by atoms with Crippen molar-refractivity contribution < 1.29 is 9.53 Å². The molecule has 82 valence electrons. The normalized spacial score (nSPS) is 10.6. The van der Waals surface area contributed by atoms with Crippen LogP contribution in [0.25, 0.3) is 21.8 Å². The van der Waals surface area contributed by atoms with E-state index in [1.165, 1.54) is 0 Å². The maximum absolute atomic E-state index is 10.5. The molecule has 3 aromatic rings. The summed E-state index contributed by atoms with van der Waals surface area (Å²) < 4.78 is 4.93. The molecular formula is C11H6N4O2. The van der Waals surface area contributed by atoms with E-state index in [9.17, 15) is 4.79 Å². The average molecular weight is 226 g/mol. The number of benzene rings is 2. The predicted molar refractivity (Wildman–Crippen MR) is 59.3 cm³/mol. The molecule has 2 aromatic carbocycles. The molecule has 0 aliphatic heterocycles. The Morgan fingerprint density at radius 3 is 2.82 bits per heavy atom. The van der Waals surface area contributed by atoms with Gasteiger partial charge in [-0.05, 0) is 27.9 Å². The van der Waals surface area contributed by atoms with Crippen LogP contribution in [0.5, 0.6) is 5.75 Å². The first-order chi connectivity index (χ1) is 8.40. The molecule has 0 N–H and O–H groups in total. The van der Waals surface area contributed by atoms with Crippen molar-refractivity contribution in [1.82, 2.24) is 20.6 Å². The van der Waals surface area contributed by atoms with E-state index in [0.717, 1.165) is 5.39 Å². The summed E-state index contributed by atoms with van der Waals surface area (Å²) in [6.07, 6.45) is 0. The zero-order valence-electron chi connectivity index (χ0n) is 8.57. The Morgan fingerprint density at radius 2 is 1.94 bits per heavy atom. The highest BCUT2D eigenvalue weighted by Gasteiger charge is 2.09. The topological polar surface area (TPSA) is 77.9 Å². The molecule has 0 radical (unpaired) electrons. The average Bonchev–Trinajstić information content (AvgIpc) is 2.39. The summed E-state index contributed by atoms with van der Waals surface area (Å²) >= 11 is 0. The smallest absolute Gasteiger partial charge is 0.298 e. The third kappa shape index (κ3) is 1.46. The molecule has 0 bridgehead atoms. The first-order valence-electron chi connectivity index (χ1n) is 4.88. The van der Waals surface area contributed by atoms with Gasteiger partial charge in [-0.1, -0.05) is 18.2 Å². The molecule has 0 amide bonds. The summed E-state index contributed by atoms with van der Waals surface area (Å²) in [6, 6.07) is 9.05. The van der Waals surface area contributed by atoms with Crippen LogP contribution in [0, 0.1) is 0 Å². The van der Waals surface area contributed by atoms with Crippen LogP contribution in [-0.4, -0.2) is 27.1 Å². The van der Waals surface area contributed by atoms with E-state index in [-0.39, 0.29) is 0 Å². The van der Waals surface area contributed by atoms with Gasteiger partial charge in [-0.2, -0.15) is 0 Å². The SMILES string of the molecule is O=COc1cccc2ccc3nnnnc3c12. The number of aromatic nitrogens is 4. The number of rotatable bonds is 2. The van der Waals surface area contributed by atoms with Crippen molar-refractivity contribution in [2.75, 3.05) is 0 Å². The molecule has 1 aromatic heterocycles. The lowest BCUT2D eigenvalue weighted by atomic mass is 10.1. The van der Waals surface area contributed by atoms with Crippen molar-refractivity contribution in [3.63, 3.8) is 0 Å². The molecule has 0 aliphatic rings. The highest BCUT2D eigenvalue weighted by Crippen LogP contribution is 2.30. The summed E-state index contributed by atoms with van der Waals surface area (Å²) in [5.41, 5.74) is 1.17. The van der Waals surface area contributed by atoms with Crippen LogP contribution in [0.4, 0.5) is 0 Å². The number of carbonyl (C=O) groups excluding carboxylic acids is 1. The standard InChI is InChI=1S/C11H6N4O2/c16-6-17-9-3-1-2-7-4-5-8-11(10(7)9)13-15-14-12-8/h1-6H. The lowest BCUT2D eigenvalue weighted by Gasteiger charge is -2.05. The van der Waals surface area contributed by atoms with Crippen molar-refractivity contribution in [3.8, 4) is 5.75 Å². The zero-order valence-corrected chi connectivity index (χ0v) is 8.57. The lowest BCUT2D eigenvalue weighted by molar-refractivity contribution is -0.120. The fraction of sp³-hybridized carbons (Fsp3) is 0. The third-order valence-corrected chi connectivity index (χ3v) is 2.47. The number of nitrogens with zero attached hydrogens (tertiary/aromatic N) is 4. The van der Waals surface area contributed by atoms with Gasteiger partial charge in [0.2, 0.25) is 0 Å². The van der Waals surface area contributed by atoms with Gasteiger partial charge in [-0.15, -0.1) is 10.2 Å².